The highest BCUT2D eigenvalue weighted by molar-refractivity contribution is 6.30. The van der Waals surface area contributed by atoms with Crippen LogP contribution in [-0.4, -0.2) is 28.9 Å². The van der Waals surface area contributed by atoms with Crippen LogP contribution in [0.25, 0.3) is 0 Å². The molecule has 0 aromatic heterocycles. The van der Waals surface area contributed by atoms with Crippen LogP contribution in [0.1, 0.15) is 45.2 Å². The molecule has 3 N–H and O–H groups in total. The summed E-state index contributed by atoms with van der Waals surface area (Å²) >= 11 is 5.85. The van der Waals surface area contributed by atoms with E-state index in [0.717, 1.165) is 5.56 Å². The smallest absolute Gasteiger partial charge is 0.326 e. The minimum atomic E-state index is -1.07. The second-order valence-corrected chi connectivity index (χ2v) is 6.53. The fraction of sp³-hybridized carbons (Fsp3) is 0.471. The van der Waals surface area contributed by atoms with Crippen molar-refractivity contribution in [3.05, 3.63) is 34.9 Å². The Balaban J connectivity index is 2.81. The molecule has 7 heteroatoms. The van der Waals surface area contributed by atoms with Gasteiger partial charge >= 0.3 is 5.97 Å². The lowest BCUT2D eigenvalue weighted by atomic mass is 10.0. The summed E-state index contributed by atoms with van der Waals surface area (Å²) in [5, 5.41) is 15.0. The molecule has 24 heavy (non-hydrogen) atoms. The molecule has 0 aliphatic carbocycles. The van der Waals surface area contributed by atoms with Gasteiger partial charge in [-0.2, -0.15) is 0 Å². The lowest BCUT2D eigenvalue weighted by Crippen LogP contribution is -2.43. The average molecular weight is 355 g/mol. The third-order valence-electron chi connectivity index (χ3n) is 3.38. The van der Waals surface area contributed by atoms with Crippen molar-refractivity contribution in [2.24, 2.45) is 5.92 Å². The van der Waals surface area contributed by atoms with Crippen molar-refractivity contribution in [1.29, 1.82) is 0 Å². The maximum atomic E-state index is 12.2. The van der Waals surface area contributed by atoms with Gasteiger partial charge < -0.3 is 15.7 Å². The van der Waals surface area contributed by atoms with Gasteiger partial charge in [0.05, 0.1) is 12.5 Å². The number of halogens is 1. The highest BCUT2D eigenvalue weighted by Crippen LogP contribution is 2.20. The van der Waals surface area contributed by atoms with Gasteiger partial charge in [-0.05, 0) is 30.0 Å². The molecule has 0 bridgehead atoms. The first kappa shape index (κ1) is 20.0. The molecule has 6 nitrogen and oxygen atoms in total. The topological polar surface area (TPSA) is 95.5 Å². The average Bonchev–Trinajstić information content (AvgIpc) is 2.45. The largest absolute Gasteiger partial charge is 0.480 e. The van der Waals surface area contributed by atoms with E-state index in [4.69, 9.17) is 11.6 Å². The van der Waals surface area contributed by atoms with E-state index in [1.807, 2.05) is 13.8 Å². The van der Waals surface area contributed by atoms with Gasteiger partial charge in [-0.25, -0.2) is 4.79 Å². The standard InChI is InChI=1S/C17H23ClN2O4/c1-10(2)8-15(17(23)24)20-16(22)9-14(19-11(3)21)12-4-6-13(18)7-5-12/h4-7,10,14-15H,8-9H2,1-3H3,(H,19,21)(H,20,22)(H,23,24)/t14?,15-/m0/s1. The summed E-state index contributed by atoms with van der Waals surface area (Å²) in [6.07, 6.45) is 0.288. The van der Waals surface area contributed by atoms with Crippen LogP contribution in [0.4, 0.5) is 0 Å². The Labute approximate surface area is 146 Å². The Hall–Kier alpha value is -2.08. The number of carboxylic acids is 1. The first-order valence-electron chi connectivity index (χ1n) is 7.73. The molecule has 2 amide bonds. The van der Waals surface area contributed by atoms with E-state index in [2.05, 4.69) is 10.6 Å². The summed E-state index contributed by atoms with van der Waals surface area (Å²) in [7, 11) is 0. The van der Waals surface area contributed by atoms with E-state index in [1.54, 1.807) is 24.3 Å². The van der Waals surface area contributed by atoms with Gasteiger partial charge in [0.1, 0.15) is 6.04 Å². The monoisotopic (exact) mass is 354 g/mol. The zero-order valence-corrected chi connectivity index (χ0v) is 14.8. The third kappa shape index (κ3) is 7.00. The molecule has 1 aromatic carbocycles. The van der Waals surface area contributed by atoms with E-state index < -0.39 is 24.0 Å². The van der Waals surface area contributed by atoms with Gasteiger partial charge in [-0.1, -0.05) is 37.6 Å². The van der Waals surface area contributed by atoms with Crippen LogP contribution >= 0.6 is 11.6 Å². The number of carboxylic acid groups (broad SMARTS) is 1. The molecule has 1 aromatic rings. The summed E-state index contributed by atoms with van der Waals surface area (Å²) < 4.78 is 0. The number of nitrogens with one attached hydrogen (secondary N) is 2. The first-order valence-corrected chi connectivity index (χ1v) is 8.11. The zero-order valence-electron chi connectivity index (χ0n) is 14.0. The van der Waals surface area contributed by atoms with Crippen molar-refractivity contribution >= 4 is 29.4 Å². The number of rotatable bonds is 8. The molecule has 0 saturated carbocycles. The summed E-state index contributed by atoms with van der Waals surface area (Å²) in [6, 6.07) is 5.29. The van der Waals surface area contributed by atoms with Crippen LogP contribution in [0.3, 0.4) is 0 Å². The SMILES string of the molecule is CC(=O)NC(CC(=O)N[C@@H](CC(C)C)C(=O)O)c1ccc(Cl)cc1. The normalized spacial score (nSPS) is 13.2. The number of carbonyl (C=O) groups excluding carboxylic acids is 2. The molecular weight excluding hydrogens is 332 g/mol. The van der Waals surface area contributed by atoms with Crippen molar-refractivity contribution in [3.63, 3.8) is 0 Å². The van der Waals surface area contributed by atoms with Gasteiger partial charge in [0.2, 0.25) is 11.8 Å². The molecule has 0 heterocycles. The summed E-state index contributed by atoms with van der Waals surface area (Å²) in [4.78, 5) is 34.9. The number of hydrogen-bond donors (Lipinski definition) is 3. The van der Waals surface area contributed by atoms with Gasteiger partial charge in [0, 0.05) is 11.9 Å². The quantitative estimate of drug-likeness (QED) is 0.668. The van der Waals surface area contributed by atoms with Crippen molar-refractivity contribution in [1.82, 2.24) is 10.6 Å². The predicted molar refractivity (Wildman–Crippen MR) is 91.6 cm³/mol. The van der Waals surface area contributed by atoms with Crippen LogP contribution < -0.4 is 10.6 Å². The molecule has 2 atom stereocenters. The number of carbonyl (C=O) groups is 3. The van der Waals surface area contributed by atoms with E-state index in [-0.39, 0.29) is 18.2 Å². The molecule has 132 valence electrons. The lowest BCUT2D eigenvalue weighted by Gasteiger charge is -2.21. The number of amides is 2. The lowest BCUT2D eigenvalue weighted by molar-refractivity contribution is -0.142. The minimum absolute atomic E-state index is 0.0525. The van der Waals surface area contributed by atoms with Crippen LogP contribution in [0.2, 0.25) is 5.02 Å². The fourth-order valence-electron chi connectivity index (χ4n) is 2.32. The van der Waals surface area contributed by atoms with Crippen LogP contribution in [0, 0.1) is 5.92 Å². The Morgan fingerprint density at radius 2 is 1.71 bits per heavy atom. The van der Waals surface area contributed by atoms with E-state index in [1.165, 1.54) is 6.92 Å². The second-order valence-electron chi connectivity index (χ2n) is 6.10. The van der Waals surface area contributed by atoms with Crippen LogP contribution in [0.5, 0.6) is 0 Å². The molecule has 0 saturated heterocycles. The van der Waals surface area contributed by atoms with Crippen molar-refractivity contribution in [3.8, 4) is 0 Å². The molecule has 0 fully saturated rings. The van der Waals surface area contributed by atoms with Gasteiger partial charge in [0.15, 0.2) is 0 Å². The second kappa shape index (κ2) is 9.27. The van der Waals surface area contributed by atoms with Crippen LogP contribution in [-0.2, 0) is 14.4 Å². The Bertz CT molecular complexity index is 587. The Morgan fingerprint density at radius 1 is 1.12 bits per heavy atom. The highest BCUT2D eigenvalue weighted by atomic mass is 35.5. The Kier molecular flexibility index (Phi) is 7.71. The molecular formula is C17H23ClN2O4. The maximum absolute atomic E-state index is 12.2. The van der Waals surface area contributed by atoms with Crippen molar-refractivity contribution < 1.29 is 19.5 Å². The molecule has 1 unspecified atom stereocenters. The van der Waals surface area contributed by atoms with Crippen molar-refractivity contribution in [2.45, 2.75) is 45.7 Å². The fourth-order valence-corrected chi connectivity index (χ4v) is 2.45. The number of benzene rings is 1. The molecule has 0 aliphatic rings. The molecule has 0 radical (unpaired) electrons. The summed E-state index contributed by atoms with van der Waals surface area (Å²) in [5.41, 5.74) is 0.723. The molecule has 0 spiro atoms. The van der Waals surface area contributed by atoms with E-state index in [9.17, 15) is 19.5 Å². The summed E-state index contributed by atoms with van der Waals surface area (Å²) in [5.74, 6) is -1.65. The van der Waals surface area contributed by atoms with Gasteiger partial charge in [-0.15, -0.1) is 0 Å². The van der Waals surface area contributed by atoms with Crippen LogP contribution in [0.15, 0.2) is 24.3 Å². The molecule has 0 aliphatic heterocycles. The number of hydrogen-bond acceptors (Lipinski definition) is 3. The van der Waals surface area contributed by atoms with Gasteiger partial charge in [-0.3, -0.25) is 9.59 Å². The van der Waals surface area contributed by atoms with Crippen molar-refractivity contribution in [2.75, 3.05) is 0 Å². The third-order valence-corrected chi connectivity index (χ3v) is 3.63. The zero-order chi connectivity index (χ0) is 18.3. The maximum Gasteiger partial charge on any atom is 0.326 e. The minimum Gasteiger partial charge on any atom is -0.480 e. The Morgan fingerprint density at radius 3 is 2.17 bits per heavy atom. The van der Waals surface area contributed by atoms with Gasteiger partial charge in [0.25, 0.3) is 0 Å². The molecule has 1 rings (SSSR count). The first-order chi connectivity index (χ1) is 11.2. The van der Waals surface area contributed by atoms with E-state index >= 15 is 0 Å². The van der Waals surface area contributed by atoms with E-state index in [0.29, 0.717) is 11.4 Å². The highest BCUT2D eigenvalue weighted by Gasteiger charge is 2.23. The summed E-state index contributed by atoms with van der Waals surface area (Å²) in [6.45, 7) is 5.13. The predicted octanol–water partition coefficient (Wildman–Crippen LogP) is 2.52. The number of aliphatic carboxylic acids is 1.